The Morgan fingerprint density at radius 1 is 1.14 bits per heavy atom. The maximum atomic E-state index is 12.5. The number of ether oxygens (including phenoxy) is 1. The van der Waals surface area contributed by atoms with E-state index in [0.29, 0.717) is 17.9 Å². The fourth-order valence-corrected chi connectivity index (χ4v) is 2.90. The maximum absolute atomic E-state index is 12.5. The zero-order chi connectivity index (χ0) is 21.3. The summed E-state index contributed by atoms with van der Waals surface area (Å²) >= 11 is 0.979. The summed E-state index contributed by atoms with van der Waals surface area (Å²) in [5, 5.41) is 2.96. The van der Waals surface area contributed by atoms with Crippen LogP contribution in [0.2, 0.25) is 0 Å². The zero-order valence-electron chi connectivity index (χ0n) is 15.8. The minimum atomic E-state index is -4.44. The van der Waals surface area contributed by atoms with E-state index in [9.17, 15) is 22.8 Å². The second kappa shape index (κ2) is 10.8. The van der Waals surface area contributed by atoms with Crippen molar-refractivity contribution >= 4 is 23.6 Å². The summed E-state index contributed by atoms with van der Waals surface area (Å²) in [4.78, 5) is 27.1. The number of aryl methyl sites for hydroxylation is 2. The van der Waals surface area contributed by atoms with Crippen LogP contribution in [-0.2, 0) is 26.9 Å². The summed E-state index contributed by atoms with van der Waals surface area (Å²) in [6, 6.07) is 10.1. The predicted octanol–water partition coefficient (Wildman–Crippen LogP) is 3.79. The molecule has 1 N–H and O–H groups in total. The molecule has 29 heavy (non-hydrogen) atoms. The molecule has 0 bridgehead atoms. The van der Waals surface area contributed by atoms with Gasteiger partial charge in [-0.1, -0.05) is 41.6 Å². The van der Waals surface area contributed by atoms with Crippen molar-refractivity contribution < 1.29 is 27.5 Å². The number of nitrogens with zero attached hydrogens (tertiary/aromatic N) is 1. The number of alkyl halides is 3. The van der Waals surface area contributed by atoms with Gasteiger partial charge in [-0.05, 0) is 31.0 Å². The van der Waals surface area contributed by atoms with Gasteiger partial charge in [-0.15, -0.1) is 0 Å². The molecule has 9 heteroatoms. The van der Waals surface area contributed by atoms with Gasteiger partial charge in [0.15, 0.2) is 0 Å². The molecule has 1 aromatic heterocycles. The molecule has 0 saturated heterocycles. The molecule has 1 aromatic carbocycles. The highest BCUT2D eigenvalue weighted by atomic mass is 32.2. The number of halogens is 3. The molecule has 0 radical (unpaired) electrons. The second-order valence-corrected chi connectivity index (χ2v) is 7.22. The van der Waals surface area contributed by atoms with E-state index < -0.39 is 17.7 Å². The number of carbonyl (C=O) groups is 2. The molecule has 1 amide bonds. The molecule has 0 atom stereocenters. The van der Waals surface area contributed by atoms with Gasteiger partial charge >= 0.3 is 12.1 Å². The van der Waals surface area contributed by atoms with Gasteiger partial charge in [0.05, 0.1) is 22.9 Å². The molecule has 2 aromatic rings. The number of esters is 1. The standard InChI is InChI=1S/C20H21F3N2O3S/c1-14-2-4-15(5-3-14)6-8-17(26)24-10-11-28-19(27)13-29-18-9-7-16(12-25-18)20(21,22)23/h2-5,7,9,12H,6,8,10-11,13H2,1H3,(H,24,26). The molecular weight excluding hydrogens is 405 g/mol. The third kappa shape index (κ3) is 8.55. The Labute approximate surface area is 171 Å². The van der Waals surface area contributed by atoms with Crippen LogP contribution in [0.5, 0.6) is 0 Å². The average molecular weight is 426 g/mol. The first-order chi connectivity index (χ1) is 13.7. The van der Waals surface area contributed by atoms with Gasteiger partial charge in [-0.25, -0.2) is 4.98 Å². The molecule has 0 spiro atoms. The van der Waals surface area contributed by atoms with E-state index >= 15 is 0 Å². The van der Waals surface area contributed by atoms with E-state index in [2.05, 4.69) is 10.3 Å². The molecule has 0 aliphatic heterocycles. The highest BCUT2D eigenvalue weighted by Gasteiger charge is 2.30. The Hall–Kier alpha value is -2.55. The largest absolute Gasteiger partial charge is 0.463 e. The first kappa shape index (κ1) is 22.7. The Bertz CT molecular complexity index is 809. The summed E-state index contributed by atoms with van der Waals surface area (Å²) in [6.45, 7) is 2.22. The highest BCUT2D eigenvalue weighted by Crippen LogP contribution is 2.29. The summed E-state index contributed by atoms with van der Waals surface area (Å²) < 4.78 is 42.4. The van der Waals surface area contributed by atoms with Crippen molar-refractivity contribution in [2.75, 3.05) is 18.9 Å². The van der Waals surface area contributed by atoms with Gasteiger partial charge in [-0.2, -0.15) is 13.2 Å². The molecule has 0 unspecified atom stereocenters. The molecule has 0 aliphatic rings. The lowest BCUT2D eigenvalue weighted by Crippen LogP contribution is -2.28. The van der Waals surface area contributed by atoms with Crippen molar-refractivity contribution in [3.8, 4) is 0 Å². The molecule has 0 fully saturated rings. The second-order valence-electron chi connectivity index (χ2n) is 6.23. The van der Waals surface area contributed by atoms with Gasteiger partial charge in [0.2, 0.25) is 5.91 Å². The summed E-state index contributed by atoms with van der Waals surface area (Å²) in [5.41, 5.74) is 1.39. The van der Waals surface area contributed by atoms with Gasteiger partial charge in [0, 0.05) is 12.6 Å². The van der Waals surface area contributed by atoms with Crippen molar-refractivity contribution in [3.63, 3.8) is 0 Å². The number of thioether (sulfide) groups is 1. The number of hydrogen-bond acceptors (Lipinski definition) is 5. The molecule has 2 rings (SSSR count). The number of hydrogen-bond donors (Lipinski definition) is 1. The van der Waals surface area contributed by atoms with Crippen LogP contribution in [-0.4, -0.2) is 35.8 Å². The zero-order valence-corrected chi connectivity index (χ0v) is 16.6. The van der Waals surface area contributed by atoms with Crippen LogP contribution in [0.15, 0.2) is 47.6 Å². The lowest BCUT2D eigenvalue weighted by molar-refractivity contribution is -0.141. The van der Waals surface area contributed by atoms with Crippen molar-refractivity contribution in [2.24, 2.45) is 0 Å². The lowest BCUT2D eigenvalue weighted by atomic mass is 10.1. The summed E-state index contributed by atoms with van der Waals surface area (Å²) in [7, 11) is 0. The Balaban J connectivity index is 1.58. The molecule has 1 heterocycles. The summed E-state index contributed by atoms with van der Waals surface area (Å²) in [5.74, 6) is -0.754. The van der Waals surface area contributed by atoms with Crippen LogP contribution in [0.4, 0.5) is 13.2 Å². The first-order valence-electron chi connectivity index (χ1n) is 8.88. The smallest absolute Gasteiger partial charge is 0.417 e. The average Bonchev–Trinajstić information content (AvgIpc) is 2.69. The molecular formula is C20H21F3N2O3S. The van der Waals surface area contributed by atoms with Crippen molar-refractivity contribution in [3.05, 3.63) is 59.3 Å². The topological polar surface area (TPSA) is 68.3 Å². The van der Waals surface area contributed by atoms with Gasteiger partial charge in [0.25, 0.3) is 0 Å². The Kier molecular flexibility index (Phi) is 8.50. The fourth-order valence-electron chi connectivity index (χ4n) is 2.26. The lowest BCUT2D eigenvalue weighted by Gasteiger charge is -2.08. The Morgan fingerprint density at radius 2 is 1.86 bits per heavy atom. The number of amides is 1. The van der Waals surface area contributed by atoms with E-state index in [0.717, 1.165) is 35.2 Å². The Morgan fingerprint density at radius 3 is 2.48 bits per heavy atom. The first-order valence-corrected chi connectivity index (χ1v) is 9.86. The molecule has 5 nitrogen and oxygen atoms in total. The third-order valence-corrected chi connectivity index (χ3v) is 4.77. The predicted molar refractivity (Wildman–Crippen MR) is 103 cm³/mol. The van der Waals surface area contributed by atoms with Crippen molar-refractivity contribution in [1.29, 1.82) is 0 Å². The number of pyridine rings is 1. The number of carbonyl (C=O) groups excluding carboxylic acids is 2. The van der Waals surface area contributed by atoms with E-state index in [1.807, 2.05) is 31.2 Å². The van der Waals surface area contributed by atoms with Crippen molar-refractivity contribution in [2.45, 2.75) is 31.0 Å². The summed E-state index contributed by atoms with van der Waals surface area (Å²) in [6.07, 6.45) is -2.76. The van der Waals surface area contributed by atoms with E-state index in [4.69, 9.17) is 4.74 Å². The van der Waals surface area contributed by atoms with Gasteiger partial charge in [-0.3, -0.25) is 9.59 Å². The molecule has 0 aliphatic carbocycles. The fraction of sp³-hybridized carbons (Fsp3) is 0.350. The van der Waals surface area contributed by atoms with Crippen LogP contribution in [0.3, 0.4) is 0 Å². The van der Waals surface area contributed by atoms with Crippen LogP contribution in [0.1, 0.15) is 23.1 Å². The minimum Gasteiger partial charge on any atom is -0.463 e. The van der Waals surface area contributed by atoms with Gasteiger partial charge < -0.3 is 10.1 Å². The van der Waals surface area contributed by atoms with Crippen LogP contribution >= 0.6 is 11.8 Å². The van der Waals surface area contributed by atoms with E-state index in [1.165, 1.54) is 6.07 Å². The number of nitrogens with one attached hydrogen (secondary N) is 1. The SMILES string of the molecule is Cc1ccc(CCC(=O)NCCOC(=O)CSc2ccc(C(F)(F)F)cn2)cc1. The van der Waals surface area contributed by atoms with E-state index in [-0.39, 0.29) is 24.8 Å². The normalized spacial score (nSPS) is 11.2. The highest BCUT2D eigenvalue weighted by molar-refractivity contribution is 7.99. The monoisotopic (exact) mass is 426 g/mol. The number of rotatable bonds is 9. The number of benzene rings is 1. The quantitative estimate of drug-likeness (QED) is 0.375. The van der Waals surface area contributed by atoms with Crippen molar-refractivity contribution in [1.82, 2.24) is 10.3 Å². The minimum absolute atomic E-state index is 0.0239. The molecule has 156 valence electrons. The van der Waals surface area contributed by atoms with Crippen LogP contribution < -0.4 is 5.32 Å². The van der Waals surface area contributed by atoms with Gasteiger partial charge in [0.1, 0.15) is 6.61 Å². The third-order valence-electron chi connectivity index (χ3n) is 3.85. The van der Waals surface area contributed by atoms with E-state index in [1.54, 1.807) is 0 Å². The maximum Gasteiger partial charge on any atom is 0.417 e. The van der Waals surface area contributed by atoms with Crippen LogP contribution in [0, 0.1) is 6.92 Å². The van der Waals surface area contributed by atoms with Crippen LogP contribution in [0.25, 0.3) is 0 Å². The molecule has 0 saturated carbocycles. The number of aromatic nitrogens is 1.